The summed E-state index contributed by atoms with van der Waals surface area (Å²) in [5.74, 6) is 0.158. The van der Waals surface area contributed by atoms with E-state index in [1.54, 1.807) is 37.4 Å². The van der Waals surface area contributed by atoms with E-state index in [2.05, 4.69) is 20.6 Å². The van der Waals surface area contributed by atoms with Crippen LogP contribution in [0.15, 0.2) is 29.3 Å². The van der Waals surface area contributed by atoms with Crippen LogP contribution in [0.3, 0.4) is 0 Å². The number of fused-ring (bicyclic) bond motifs is 1. The van der Waals surface area contributed by atoms with Gasteiger partial charge in [-0.3, -0.25) is 5.32 Å². The number of aromatic nitrogens is 1. The summed E-state index contributed by atoms with van der Waals surface area (Å²) in [7, 11) is 0. The first-order valence-electron chi connectivity index (χ1n) is 8.86. The van der Waals surface area contributed by atoms with Crippen molar-refractivity contribution in [2.45, 2.75) is 13.0 Å². The van der Waals surface area contributed by atoms with E-state index in [-0.39, 0.29) is 42.1 Å². The van der Waals surface area contributed by atoms with Crippen LogP contribution in [0.25, 0.3) is 0 Å². The van der Waals surface area contributed by atoms with E-state index in [0.29, 0.717) is 16.9 Å². The second kappa shape index (κ2) is 8.67. The third-order valence-corrected chi connectivity index (χ3v) is 4.22. The van der Waals surface area contributed by atoms with Gasteiger partial charge in [-0.1, -0.05) is 18.2 Å². The van der Waals surface area contributed by atoms with Crippen molar-refractivity contribution in [3.63, 3.8) is 0 Å². The number of pyridine rings is 1. The number of carbonyl (C=O) groups is 1. The summed E-state index contributed by atoms with van der Waals surface area (Å²) in [4.78, 5) is 20.4. The second-order valence-electron chi connectivity index (χ2n) is 6.03. The number of esters is 1. The first kappa shape index (κ1) is 20.2. The van der Waals surface area contributed by atoms with E-state index >= 15 is 0 Å². The maximum atomic E-state index is 11.7. The molecule has 0 amide bonds. The molecule has 0 saturated carbocycles. The van der Waals surface area contributed by atoms with E-state index in [1.807, 2.05) is 6.07 Å². The molecule has 1 aliphatic rings. The quantitative estimate of drug-likeness (QED) is 0.317. The molecule has 1 aromatic carbocycles. The lowest BCUT2D eigenvalue weighted by molar-refractivity contribution is -0.145. The van der Waals surface area contributed by atoms with Crippen LogP contribution >= 0.6 is 0 Å². The minimum Gasteiger partial charge on any atom is -0.482 e. The van der Waals surface area contributed by atoms with Gasteiger partial charge in [0.2, 0.25) is 5.96 Å². The molecule has 11 heteroatoms. The Balaban J connectivity index is 2.11. The number of rotatable bonds is 5. The number of ether oxygens (including phenoxy) is 2. The Morgan fingerprint density at radius 3 is 2.80 bits per heavy atom. The Kier molecular flexibility index (Phi) is 5.84. The zero-order valence-electron chi connectivity index (χ0n) is 16.0. The predicted octanol–water partition coefficient (Wildman–Crippen LogP) is 1.00. The van der Waals surface area contributed by atoms with Crippen molar-refractivity contribution in [1.29, 1.82) is 10.5 Å². The molecule has 1 aliphatic heterocycles. The van der Waals surface area contributed by atoms with Crippen molar-refractivity contribution in [3.8, 4) is 18.0 Å². The number of para-hydroxylation sites is 1. The molecule has 0 radical (unpaired) electrons. The molecule has 1 aromatic heterocycles. The Hall–Kier alpha value is -4.51. The highest BCUT2D eigenvalue weighted by Gasteiger charge is 2.31. The summed E-state index contributed by atoms with van der Waals surface area (Å²) in [6, 6.07) is 8.04. The van der Waals surface area contributed by atoms with Gasteiger partial charge < -0.3 is 26.3 Å². The number of nitrogens with one attached hydrogen (secondary N) is 2. The molecule has 1 atom stereocenters. The fraction of sp³-hybridized carbons (Fsp3) is 0.211. The largest absolute Gasteiger partial charge is 0.482 e. The number of anilines is 3. The van der Waals surface area contributed by atoms with E-state index in [0.717, 1.165) is 0 Å². The van der Waals surface area contributed by atoms with Crippen molar-refractivity contribution in [3.05, 3.63) is 41.0 Å². The molecule has 0 spiro atoms. The van der Waals surface area contributed by atoms with Crippen LogP contribution in [0, 0.1) is 22.8 Å². The average Bonchev–Trinajstić information content (AvgIpc) is 2.72. The van der Waals surface area contributed by atoms with Gasteiger partial charge in [0.05, 0.1) is 12.3 Å². The molecule has 0 aliphatic carbocycles. The maximum Gasteiger partial charge on any atom is 0.344 e. The van der Waals surface area contributed by atoms with Crippen LogP contribution in [0.1, 0.15) is 29.7 Å². The van der Waals surface area contributed by atoms with Crippen LogP contribution in [0.5, 0.6) is 5.75 Å². The molecule has 11 nitrogen and oxygen atoms in total. The number of nitrogens with zero attached hydrogens (tertiary/aromatic N) is 4. The lowest BCUT2D eigenvalue weighted by atomic mass is 9.94. The summed E-state index contributed by atoms with van der Waals surface area (Å²) in [6.07, 6.45) is 1.78. The highest BCUT2D eigenvalue weighted by atomic mass is 16.6. The van der Waals surface area contributed by atoms with Crippen molar-refractivity contribution in [2.24, 2.45) is 4.99 Å². The van der Waals surface area contributed by atoms with E-state index in [4.69, 9.17) is 26.2 Å². The van der Waals surface area contributed by atoms with E-state index < -0.39 is 12.0 Å². The number of nitrogen functional groups attached to an aromatic ring is 2. The zero-order chi connectivity index (χ0) is 21.7. The SMILES string of the molecule is CCOC(=O)COc1ccccc1C1N=C(NC#N)Nc2nc(N)c(C#N)c(N)c21. The first-order valence-corrected chi connectivity index (χ1v) is 8.86. The highest BCUT2D eigenvalue weighted by Crippen LogP contribution is 2.43. The zero-order valence-corrected chi connectivity index (χ0v) is 16.0. The summed E-state index contributed by atoms with van der Waals surface area (Å²) in [5, 5.41) is 23.7. The van der Waals surface area contributed by atoms with Gasteiger partial charge in [-0.05, 0) is 13.0 Å². The Bertz CT molecular complexity index is 1100. The topological polar surface area (TPSA) is 184 Å². The highest BCUT2D eigenvalue weighted by molar-refractivity contribution is 5.98. The number of nitriles is 2. The fourth-order valence-electron chi connectivity index (χ4n) is 2.98. The van der Waals surface area contributed by atoms with Gasteiger partial charge in [-0.2, -0.15) is 10.5 Å². The molecule has 6 N–H and O–H groups in total. The molecule has 30 heavy (non-hydrogen) atoms. The van der Waals surface area contributed by atoms with Crippen molar-refractivity contribution in [1.82, 2.24) is 10.3 Å². The number of benzene rings is 1. The number of nitrogens with two attached hydrogens (primary N) is 2. The standard InChI is InChI=1S/C19H18N8O3/c1-2-29-13(28)8-30-12-6-4-3-5-10(12)16-14-15(22)11(7-20)17(23)26-18(14)27-19(25-16)24-9-21/h3-6,16H,2,8H2,1H3,(H6,22,23,24,25,26,27). The normalized spacial score (nSPS) is 14.2. The Morgan fingerprint density at radius 1 is 1.33 bits per heavy atom. The number of hydrogen-bond acceptors (Lipinski definition) is 11. The number of aliphatic imine (C=N–C) groups is 1. The van der Waals surface area contributed by atoms with Crippen LogP contribution in [0.4, 0.5) is 17.3 Å². The molecule has 1 unspecified atom stereocenters. The molecular formula is C19H18N8O3. The molecule has 2 heterocycles. The second-order valence-corrected chi connectivity index (χ2v) is 6.03. The van der Waals surface area contributed by atoms with Gasteiger partial charge >= 0.3 is 5.97 Å². The summed E-state index contributed by atoms with van der Waals surface area (Å²) in [5.41, 5.74) is 13.1. The molecule has 0 fully saturated rings. The van der Waals surface area contributed by atoms with Crippen LogP contribution < -0.4 is 26.8 Å². The fourth-order valence-corrected chi connectivity index (χ4v) is 2.98. The average molecular weight is 406 g/mol. The molecule has 152 valence electrons. The van der Waals surface area contributed by atoms with Gasteiger partial charge in [0, 0.05) is 11.1 Å². The molecule has 3 rings (SSSR count). The monoisotopic (exact) mass is 406 g/mol. The van der Waals surface area contributed by atoms with Gasteiger partial charge in [-0.15, -0.1) is 0 Å². The van der Waals surface area contributed by atoms with E-state index in [9.17, 15) is 10.1 Å². The first-order chi connectivity index (χ1) is 14.5. The van der Waals surface area contributed by atoms with E-state index in [1.165, 1.54) is 0 Å². The lowest BCUT2D eigenvalue weighted by Gasteiger charge is -2.27. The summed E-state index contributed by atoms with van der Waals surface area (Å²) in [6.45, 7) is 1.64. The van der Waals surface area contributed by atoms with Crippen molar-refractivity contribution < 1.29 is 14.3 Å². The van der Waals surface area contributed by atoms with Gasteiger partial charge in [0.25, 0.3) is 0 Å². The predicted molar refractivity (Wildman–Crippen MR) is 108 cm³/mol. The minimum atomic E-state index is -0.782. The molecular weight excluding hydrogens is 388 g/mol. The third-order valence-electron chi connectivity index (χ3n) is 4.22. The number of guanidine groups is 1. The molecule has 0 bridgehead atoms. The smallest absolute Gasteiger partial charge is 0.344 e. The van der Waals surface area contributed by atoms with Crippen molar-refractivity contribution in [2.75, 3.05) is 30.0 Å². The van der Waals surface area contributed by atoms with Gasteiger partial charge in [-0.25, -0.2) is 14.8 Å². The van der Waals surface area contributed by atoms with Crippen LogP contribution in [-0.4, -0.2) is 30.1 Å². The number of carbonyl (C=O) groups excluding carboxylic acids is 1. The Labute approximate surface area is 171 Å². The minimum absolute atomic E-state index is 0.0253. The Morgan fingerprint density at radius 2 is 2.10 bits per heavy atom. The van der Waals surface area contributed by atoms with Gasteiger partial charge in [0.1, 0.15) is 35.1 Å². The van der Waals surface area contributed by atoms with Gasteiger partial charge in [0.15, 0.2) is 12.8 Å². The third kappa shape index (κ3) is 3.86. The van der Waals surface area contributed by atoms with Crippen molar-refractivity contribution >= 4 is 29.3 Å². The summed E-state index contributed by atoms with van der Waals surface area (Å²) >= 11 is 0. The number of hydrogen-bond donors (Lipinski definition) is 4. The lowest BCUT2D eigenvalue weighted by Crippen LogP contribution is -2.33. The van der Waals surface area contributed by atoms with Crippen LogP contribution in [-0.2, 0) is 9.53 Å². The van der Waals surface area contributed by atoms with Crippen LogP contribution in [0.2, 0.25) is 0 Å². The summed E-state index contributed by atoms with van der Waals surface area (Å²) < 4.78 is 10.5. The maximum absolute atomic E-state index is 11.7. The molecule has 0 saturated heterocycles. The molecule has 2 aromatic rings.